The average Bonchev–Trinajstić information content (AvgIpc) is 2.82. The summed E-state index contributed by atoms with van der Waals surface area (Å²) in [6.45, 7) is 0. The highest BCUT2D eigenvalue weighted by Gasteiger charge is 2.45. The second-order valence-electron chi connectivity index (χ2n) is 4.86. The number of carbonyl (C=O) groups excluding carboxylic acids is 1. The third-order valence-electron chi connectivity index (χ3n) is 3.79. The van der Waals surface area contributed by atoms with Gasteiger partial charge in [0, 0.05) is 16.5 Å². The lowest BCUT2D eigenvalue weighted by Gasteiger charge is -2.22. The zero-order valence-corrected chi connectivity index (χ0v) is 10.3. The monoisotopic (exact) mass is 268 g/mol. The second kappa shape index (κ2) is 4.23. The van der Waals surface area contributed by atoms with Crippen molar-refractivity contribution >= 4 is 17.6 Å². The average molecular weight is 269 g/mol. The molecule has 1 aromatic rings. The molecule has 3 rings (SSSR count). The molecule has 4 nitrogen and oxygen atoms in total. The van der Waals surface area contributed by atoms with Gasteiger partial charge in [-0.2, -0.15) is 0 Å². The number of rotatable bonds is 1. The third-order valence-corrected chi connectivity index (χ3v) is 4.03. The van der Waals surface area contributed by atoms with Gasteiger partial charge in [0.15, 0.2) is 0 Å². The summed E-state index contributed by atoms with van der Waals surface area (Å²) in [5.74, 6) is -0.655. The molecule has 1 aromatic carbocycles. The molecule has 0 unspecified atom stereocenters. The van der Waals surface area contributed by atoms with E-state index >= 15 is 0 Å². The van der Waals surface area contributed by atoms with Crippen LogP contribution in [-0.4, -0.2) is 28.4 Å². The van der Waals surface area contributed by atoms with E-state index in [-0.39, 0.29) is 5.92 Å². The van der Waals surface area contributed by atoms with Crippen LogP contribution in [0.4, 0.5) is 0 Å². The van der Waals surface area contributed by atoms with Crippen molar-refractivity contribution in [2.75, 3.05) is 0 Å². The summed E-state index contributed by atoms with van der Waals surface area (Å²) in [5, 5.41) is 20.0. The number of ether oxygens (including phenoxy) is 1. The number of halogens is 1. The minimum absolute atomic E-state index is 0.244. The van der Waals surface area contributed by atoms with E-state index in [0.29, 0.717) is 23.4 Å². The molecule has 0 radical (unpaired) electrons. The summed E-state index contributed by atoms with van der Waals surface area (Å²) in [6.07, 6.45) is -0.878. The largest absolute Gasteiger partial charge is 0.453 e. The Hall–Kier alpha value is -1.10. The van der Waals surface area contributed by atoms with E-state index in [0.717, 1.165) is 5.56 Å². The molecule has 96 valence electrons. The van der Waals surface area contributed by atoms with E-state index in [2.05, 4.69) is 0 Å². The number of aliphatic hydroxyl groups excluding tert-OH is 2. The Bertz CT molecular complexity index is 502. The van der Waals surface area contributed by atoms with Gasteiger partial charge in [-0.15, -0.1) is 0 Å². The predicted molar refractivity (Wildman–Crippen MR) is 64.3 cm³/mol. The van der Waals surface area contributed by atoms with Crippen molar-refractivity contribution in [2.24, 2.45) is 5.92 Å². The highest BCUT2D eigenvalue weighted by Crippen LogP contribution is 2.44. The van der Waals surface area contributed by atoms with Crippen LogP contribution in [0.5, 0.6) is 0 Å². The number of fused-ring (bicyclic) bond motifs is 1. The van der Waals surface area contributed by atoms with Gasteiger partial charge in [0.25, 0.3) is 0 Å². The highest BCUT2D eigenvalue weighted by atomic mass is 35.5. The van der Waals surface area contributed by atoms with Crippen LogP contribution >= 0.6 is 11.6 Å². The number of esters is 1. The number of benzene rings is 1. The lowest BCUT2D eigenvalue weighted by molar-refractivity contribution is -0.0295. The van der Waals surface area contributed by atoms with Crippen LogP contribution in [0, 0.1) is 5.92 Å². The predicted octanol–water partition coefficient (Wildman–Crippen LogP) is 1.68. The summed E-state index contributed by atoms with van der Waals surface area (Å²) in [7, 11) is 0. The standard InChI is InChI=1S/C13H13ClO4/c14-6-1-2-7-9(5-6)13(17)18-12(7)8-3-4-10(15)11(8)16/h1-2,5,8,10-12,15-16H,3-4H2/t8-,10-,11+,12+/m0/s1. The third kappa shape index (κ3) is 1.72. The molecule has 18 heavy (non-hydrogen) atoms. The van der Waals surface area contributed by atoms with Gasteiger partial charge in [-0.05, 0) is 25.0 Å². The molecule has 2 aliphatic rings. The van der Waals surface area contributed by atoms with Gasteiger partial charge < -0.3 is 14.9 Å². The van der Waals surface area contributed by atoms with Gasteiger partial charge in [0.1, 0.15) is 6.10 Å². The first-order valence-corrected chi connectivity index (χ1v) is 6.32. The van der Waals surface area contributed by atoms with Gasteiger partial charge >= 0.3 is 5.97 Å². The van der Waals surface area contributed by atoms with E-state index in [1.165, 1.54) is 0 Å². The number of hydrogen-bond acceptors (Lipinski definition) is 4. The van der Waals surface area contributed by atoms with E-state index in [9.17, 15) is 15.0 Å². The Morgan fingerprint density at radius 2 is 2.06 bits per heavy atom. The molecule has 0 amide bonds. The first kappa shape index (κ1) is 12.0. The molecule has 1 saturated carbocycles. The Labute approximate surface area is 109 Å². The molecule has 1 aliphatic carbocycles. The molecule has 0 aromatic heterocycles. The summed E-state index contributed by atoms with van der Waals surface area (Å²) >= 11 is 5.85. The van der Waals surface area contributed by atoms with Crippen molar-refractivity contribution in [2.45, 2.75) is 31.2 Å². The quantitative estimate of drug-likeness (QED) is 0.761. The number of aliphatic hydroxyl groups is 2. The zero-order chi connectivity index (χ0) is 12.9. The van der Waals surface area contributed by atoms with Crippen LogP contribution in [0.2, 0.25) is 5.02 Å². The fraction of sp³-hybridized carbons (Fsp3) is 0.462. The maximum absolute atomic E-state index is 11.7. The number of cyclic esters (lactones) is 1. The Balaban J connectivity index is 1.96. The smallest absolute Gasteiger partial charge is 0.339 e. The van der Waals surface area contributed by atoms with Crippen LogP contribution in [0.25, 0.3) is 0 Å². The van der Waals surface area contributed by atoms with Crippen molar-refractivity contribution in [1.82, 2.24) is 0 Å². The second-order valence-corrected chi connectivity index (χ2v) is 5.29. The number of hydrogen-bond donors (Lipinski definition) is 2. The fourth-order valence-corrected chi connectivity index (χ4v) is 3.01. The minimum atomic E-state index is -0.843. The molecule has 2 N–H and O–H groups in total. The minimum Gasteiger partial charge on any atom is -0.453 e. The van der Waals surface area contributed by atoms with Gasteiger partial charge in [-0.3, -0.25) is 0 Å². The van der Waals surface area contributed by atoms with E-state index in [1.54, 1.807) is 18.2 Å². The first-order chi connectivity index (χ1) is 8.58. The van der Waals surface area contributed by atoms with Gasteiger partial charge in [0.05, 0.1) is 17.8 Å². The summed E-state index contributed by atoms with van der Waals surface area (Å²) in [5.41, 5.74) is 1.21. The molecule has 0 saturated heterocycles. The van der Waals surface area contributed by atoms with Gasteiger partial charge in [-0.25, -0.2) is 4.79 Å². The van der Waals surface area contributed by atoms with Gasteiger partial charge in [0.2, 0.25) is 0 Å². The molecule has 4 atom stereocenters. The lowest BCUT2D eigenvalue weighted by atomic mass is 9.91. The van der Waals surface area contributed by atoms with Crippen LogP contribution in [0.1, 0.15) is 34.9 Å². The normalized spacial score (nSPS) is 34.5. The van der Waals surface area contributed by atoms with Crippen molar-refractivity contribution in [3.05, 3.63) is 34.3 Å². The summed E-state index contributed by atoms with van der Waals surface area (Å²) in [6, 6.07) is 5.04. The maximum Gasteiger partial charge on any atom is 0.339 e. The van der Waals surface area contributed by atoms with Crippen LogP contribution in [0.3, 0.4) is 0 Å². The van der Waals surface area contributed by atoms with E-state index in [4.69, 9.17) is 16.3 Å². The molecule has 0 bridgehead atoms. The molecule has 5 heteroatoms. The number of carbonyl (C=O) groups is 1. The van der Waals surface area contributed by atoms with E-state index in [1.807, 2.05) is 0 Å². The molecular weight excluding hydrogens is 256 g/mol. The van der Waals surface area contributed by atoms with Crippen LogP contribution in [-0.2, 0) is 4.74 Å². The molecule has 1 fully saturated rings. The van der Waals surface area contributed by atoms with Gasteiger partial charge in [-0.1, -0.05) is 17.7 Å². The summed E-state index contributed by atoms with van der Waals surface area (Å²) in [4.78, 5) is 11.7. The Kier molecular flexibility index (Phi) is 2.81. The SMILES string of the molecule is O=C1O[C@@H]([C@H]2CC[C@H](O)[C@@H]2O)c2ccc(Cl)cc21. The molecule has 0 spiro atoms. The zero-order valence-electron chi connectivity index (χ0n) is 9.54. The first-order valence-electron chi connectivity index (χ1n) is 5.94. The molecule has 1 aliphatic heterocycles. The van der Waals surface area contributed by atoms with Crippen LogP contribution < -0.4 is 0 Å². The van der Waals surface area contributed by atoms with Crippen molar-refractivity contribution in [3.8, 4) is 0 Å². The molecular formula is C13H13ClO4. The summed E-state index contributed by atoms with van der Waals surface area (Å²) < 4.78 is 5.32. The fourth-order valence-electron chi connectivity index (χ4n) is 2.83. The Morgan fingerprint density at radius 3 is 2.72 bits per heavy atom. The van der Waals surface area contributed by atoms with Crippen molar-refractivity contribution in [3.63, 3.8) is 0 Å². The molecule has 1 heterocycles. The maximum atomic E-state index is 11.7. The highest BCUT2D eigenvalue weighted by molar-refractivity contribution is 6.31. The van der Waals surface area contributed by atoms with Crippen molar-refractivity contribution < 1.29 is 19.7 Å². The van der Waals surface area contributed by atoms with Crippen LogP contribution in [0.15, 0.2) is 18.2 Å². The van der Waals surface area contributed by atoms with E-state index < -0.39 is 24.3 Å². The topological polar surface area (TPSA) is 66.8 Å². The van der Waals surface area contributed by atoms with Crippen molar-refractivity contribution in [1.29, 1.82) is 0 Å². The Morgan fingerprint density at radius 1 is 1.28 bits per heavy atom. The lowest BCUT2D eigenvalue weighted by Crippen LogP contribution is -2.29.